The van der Waals surface area contributed by atoms with E-state index in [-0.39, 0.29) is 5.56 Å². The minimum atomic E-state index is -0.525. The number of amides is 1. The molecule has 0 aliphatic rings. The van der Waals surface area contributed by atoms with E-state index in [0.717, 1.165) is 13.0 Å². The topological polar surface area (TPSA) is 38.3 Å². The van der Waals surface area contributed by atoms with E-state index in [0.29, 0.717) is 23.5 Å². The van der Waals surface area contributed by atoms with E-state index in [9.17, 15) is 9.18 Å². The number of halogens is 2. The molecule has 1 rings (SSSR count). The van der Waals surface area contributed by atoms with Crippen molar-refractivity contribution < 1.29 is 13.9 Å². The maximum absolute atomic E-state index is 13.5. The minimum absolute atomic E-state index is 0.0614. The summed E-state index contributed by atoms with van der Waals surface area (Å²) in [6, 6.07) is 4.38. The molecule has 0 heterocycles. The van der Waals surface area contributed by atoms with Gasteiger partial charge in [0.25, 0.3) is 5.91 Å². The molecule has 1 aromatic rings. The molecular weight excluding hydrogens is 313 g/mol. The Morgan fingerprint density at radius 3 is 2.84 bits per heavy atom. The molecule has 106 valence electrons. The number of rotatable bonds is 7. The van der Waals surface area contributed by atoms with Gasteiger partial charge in [-0.15, -0.1) is 0 Å². The first-order valence-corrected chi connectivity index (χ1v) is 7.11. The Labute approximate surface area is 121 Å². The molecule has 19 heavy (non-hydrogen) atoms. The predicted molar refractivity (Wildman–Crippen MR) is 76.7 cm³/mol. The fraction of sp³-hybridized carbons (Fsp3) is 0.500. The maximum Gasteiger partial charge on any atom is 0.254 e. The van der Waals surface area contributed by atoms with Crippen LogP contribution in [0.1, 0.15) is 30.6 Å². The summed E-state index contributed by atoms with van der Waals surface area (Å²) < 4.78 is 19.5. The first-order valence-electron chi connectivity index (χ1n) is 6.31. The Morgan fingerprint density at radius 1 is 1.47 bits per heavy atom. The van der Waals surface area contributed by atoms with E-state index in [1.165, 1.54) is 12.1 Å². The first kappa shape index (κ1) is 16.1. The van der Waals surface area contributed by atoms with Gasteiger partial charge >= 0.3 is 0 Å². The lowest BCUT2D eigenvalue weighted by molar-refractivity contribution is 0.0921. The first-order chi connectivity index (χ1) is 9.00. The Balaban J connectivity index is 2.28. The summed E-state index contributed by atoms with van der Waals surface area (Å²) in [5.74, 6) is -0.414. The van der Waals surface area contributed by atoms with E-state index in [1.807, 2.05) is 0 Å². The second kappa shape index (κ2) is 8.27. The van der Waals surface area contributed by atoms with Crippen LogP contribution in [-0.2, 0) is 4.74 Å². The van der Waals surface area contributed by atoms with Gasteiger partial charge in [0.15, 0.2) is 0 Å². The summed E-state index contributed by atoms with van der Waals surface area (Å²) in [4.78, 5) is 11.7. The van der Waals surface area contributed by atoms with Crippen molar-refractivity contribution in [1.29, 1.82) is 0 Å². The van der Waals surface area contributed by atoms with Crippen LogP contribution in [0.3, 0.4) is 0 Å². The number of benzene rings is 1. The van der Waals surface area contributed by atoms with Crippen molar-refractivity contribution in [3.63, 3.8) is 0 Å². The van der Waals surface area contributed by atoms with Crippen LogP contribution < -0.4 is 5.32 Å². The van der Waals surface area contributed by atoms with Gasteiger partial charge in [0, 0.05) is 24.2 Å². The van der Waals surface area contributed by atoms with Gasteiger partial charge < -0.3 is 10.1 Å². The van der Waals surface area contributed by atoms with Crippen molar-refractivity contribution in [2.45, 2.75) is 20.3 Å². The lowest BCUT2D eigenvalue weighted by Crippen LogP contribution is -2.26. The van der Waals surface area contributed by atoms with E-state index in [2.05, 4.69) is 35.1 Å². The summed E-state index contributed by atoms with van der Waals surface area (Å²) in [5, 5.41) is 2.67. The van der Waals surface area contributed by atoms with Crippen LogP contribution in [0.4, 0.5) is 4.39 Å². The van der Waals surface area contributed by atoms with Crippen molar-refractivity contribution in [3.05, 3.63) is 34.1 Å². The van der Waals surface area contributed by atoms with Crippen LogP contribution in [0, 0.1) is 11.7 Å². The largest absolute Gasteiger partial charge is 0.381 e. The molecule has 1 N–H and O–H groups in total. The lowest BCUT2D eigenvalue weighted by Gasteiger charge is -2.08. The molecule has 0 atom stereocenters. The molecule has 0 saturated heterocycles. The third-order valence-electron chi connectivity index (χ3n) is 2.38. The highest BCUT2D eigenvalue weighted by molar-refractivity contribution is 9.10. The van der Waals surface area contributed by atoms with Crippen LogP contribution >= 0.6 is 15.9 Å². The zero-order chi connectivity index (χ0) is 14.3. The molecule has 3 nitrogen and oxygen atoms in total. The molecule has 0 unspecified atom stereocenters. The smallest absolute Gasteiger partial charge is 0.254 e. The monoisotopic (exact) mass is 331 g/mol. The van der Waals surface area contributed by atoms with Crippen molar-refractivity contribution in [3.8, 4) is 0 Å². The Bertz CT molecular complexity index is 424. The average Bonchev–Trinajstić information content (AvgIpc) is 2.32. The summed E-state index contributed by atoms with van der Waals surface area (Å²) in [7, 11) is 0. The van der Waals surface area contributed by atoms with Crippen LogP contribution in [0.5, 0.6) is 0 Å². The van der Waals surface area contributed by atoms with Crippen molar-refractivity contribution >= 4 is 21.8 Å². The van der Waals surface area contributed by atoms with Gasteiger partial charge in [0.05, 0.1) is 5.56 Å². The molecule has 1 amide bonds. The highest BCUT2D eigenvalue weighted by Gasteiger charge is 2.10. The second-order valence-corrected chi connectivity index (χ2v) is 5.62. The fourth-order valence-electron chi connectivity index (χ4n) is 1.46. The van der Waals surface area contributed by atoms with Gasteiger partial charge in [0.2, 0.25) is 0 Å². The molecule has 0 fully saturated rings. The zero-order valence-corrected chi connectivity index (χ0v) is 12.8. The van der Waals surface area contributed by atoms with Gasteiger partial charge in [-0.1, -0.05) is 29.8 Å². The van der Waals surface area contributed by atoms with Gasteiger partial charge in [-0.25, -0.2) is 4.39 Å². The maximum atomic E-state index is 13.5. The predicted octanol–water partition coefficient (Wildman–Crippen LogP) is 3.38. The van der Waals surface area contributed by atoms with Crippen LogP contribution in [0.25, 0.3) is 0 Å². The fourth-order valence-corrected chi connectivity index (χ4v) is 1.80. The quantitative estimate of drug-likeness (QED) is 0.778. The summed E-state index contributed by atoms with van der Waals surface area (Å²) >= 11 is 3.15. The molecule has 0 aliphatic heterocycles. The Morgan fingerprint density at radius 2 is 2.21 bits per heavy atom. The third-order valence-corrected chi connectivity index (χ3v) is 2.87. The molecule has 0 aliphatic carbocycles. The summed E-state index contributed by atoms with van der Waals surface area (Å²) in [6.07, 6.45) is 0.719. The van der Waals surface area contributed by atoms with E-state index in [4.69, 9.17) is 4.74 Å². The molecule has 0 spiro atoms. The number of carbonyl (C=O) groups excluding carboxylic acids is 1. The van der Waals surface area contributed by atoms with E-state index in [1.54, 1.807) is 6.07 Å². The molecule has 1 aromatic carbocycles. The number of ether oxygens (including phenoxy) is 1. The molecule has 0 aromatic heterocycles. The van der Waals surface area contributed by atoms with Gasteiger partial charge in [-0.2, -0.15) is 0 Å². The lowest BCUT2D eigenvalue weighted by atomic mass is 10.2. The van der Waals surface area contributed by atoms with Gasteiger partial charge in [-0.05, 0) is 30.5 Å². The van der Waals surface area contributed by atoms with E-state index < -0.39 is 11.7 Å². The molecule has 0 bridgehead atoms. The van der Waals surface area contributed by atoms with Gasteiger partial charge in [-0.3, -0.25) is 4.79 Å². The molecule has 0 saturated carbocycles. The molecule has 5 heteroatoms. The Kier molecular flexibility index (Phi) is 7.02. The van der Waals surface area contributed by atoms with Crippen molar-refractivity contribution in [2.24, 2.45) is 5.92 Å². The van der Waals surface area contributed by atoms with E-state index >= 15 is 0 Å². The second-order valence-electron chi connectivity index (χ2n) is 4.70. The number of nitrogens with one attached hydrogen (secondary N) is 1. The Hall–Kier alpha value is -0.940. The minimum Gasteiger partial charge on any atom is -0.381 e. The standard InChI is InChI=1S/C14H19BrFNO2/c1-10(2)9-19-7-3-6-17-14(18)12-5-4-11(15)8-13(12)16/h4-5,8,10H,3,6-7,9H2,1-2H3,(H,17,18). The number of hydrogen-bond donors (Lipinski definition) is 1. The highest BCUT2D eigenvalue weighted by atomic mass is 79.9. The number of hydrogen-bond acceptors (Lipinski definition) is 2. The summed E-state index contributed by atoms with van der Waals surface area (Å²) in [5.41, 5.74) is 0.0614. The van der Waals surface area contributed by atoms with Crippen molar-refractivity contribution in [2.75, 3.05) is 19.8 Å². The SMILES string of the molecule is CC(C)COCCCNC(=O)c1ccc(Br)cc1F. The normalized spacial score (nSPS) is 10.8. The van der Waals surface area contributed by atoms with Crippen molar-refractivity contribution in [1.82, 2.24) is 5.32 Å². The zero-order valence-electron chi connectivity index (χ0n) is 11.2. The highest BCUT2D eigenvalue weighted by Crippen LogP contribution is 2.15. The van der Waals surface area contributed by atoms with Crippen LogP contribution in [0.2, 0.25) is 0 Å². The molecule has 0 radical (unpaired) electrons. The summed E-state index contributed by atoms with van der Waals surface area (Å²) in [6.45, 7) is 5.96. The number of carbonyl (C=O) groups is 1. The van der Waals surface area contributed by atoms with Gasteiger partial charge in [0.1, 0.15) is 5.82 Å². The third kappa shape index (κ3) is 6.16. The van der Waals surface area contributed by atoms with Crippen LogP contribution in [0.15, 0.2) is 22.7 Å². The molecular formula is C14H19BrFNO2. The van der Waals surface area contributed by atoms with Crippen LogP contribution in [-0.4, -0.2) is 25.7 Å². The average molecular weight is 332 g/mol.